The van der Waals surface area contributed by atoms with Crippen molar-refractivity contribution in [2.45, 2.75) is 37.4 Å². The Bertz CT molecular complexity index is 840. The molecule has 0 saturated carbocycles. The van der Waals surface area contributed by atoms with Crippen LogP contribution in [0.3, 0.4) is 0 Å². The molecule has 1 unspecified atom stereocenters. The molecule has 0 bridgehead atoms. The van der Waals surface area contributed by atoms with Crippen molar-refractivity contribution in [2.24, 2.45) is 0 Å². The first-order valence-electron chi connectivity index (χ1n) is 8.67. The topological polar surface area (TPSA) is 68.7 Å². The number of hydrogen-bond donors (Lipinski definition) is 0. The smallest absolute Gasteiger partial charge is 0.246 e. The average Bonchev–Trinajstić information content (AvgIpc) is 2.67. The van der Waals surface area contributed by atoms with Gasteiger partial charge >= 0.3 is 0 Å². The maximum Gasteiger partial charge on any atom is 0.246 e. The van der Waals surface area contributed by atoms with Crippen LogP contribution in [0.4, 0.5) is 0 Å². The molecule has 0 radical (unpaired) electrons. The van der Waals surface area contributed by atoms with Gasteiger partial charge in [0, 0.05) is 19.3 Å². The van der Waals surface area contributed by atoms with Crippen LogP contribution in [0.15, 0.2) is 47.5 Å². The highest BCUT2D eigenvalue weighted by molar-refractivity contribution is 7.89. The largest absolute Gasteiger partial charge is 0.495 e. The summed E-state index contributed by atoms with van der Waals surface area (Å²) in [7, 11) is -2.14. The lowest BCUT2D eigenvalue weighted by atomic mass is 10.1. The second-order valence-electron chi connectivity index (χ2n) is 6.41. The van der Waals surface area contributed by atoms with E-state index in [1.807, 2.05) is 25.1 Å². The maximum absolute atomic E-state index is 13.1. The van der Waals surface area contributed by atoms with Crippen molar-refractivity contribution in [3.8, 4) is 5.75 Å². The number of aromatic nitrogens is 1. The third-order valence-electron chi connectivity index (χ3n) is 4.47. The zero-order valence-electron chi connectivity index (χ0n) is 15.1. The number of sulfonamides is 1. The molecule has 1 aromatic heterocycles. The van der Waals surface area contributed by atoms with E-state index in [-0.39, 0.29) is 11.0 Å². The summed E-state index contributed by atoms with van der Waals surface area (Å²) in [6.07, 6.45) is 3.18. The molecule has 2 heterocycles. The normalized spacial score (nSPS) is 18.6. The van der Waals surface area contributed by atoms with Crippen LogP contribution in [0.2, 0.25) is 0 Å². The highest BCUT2D eigenvalue weighted by Gasteiger charge is 2.32. The van der Waals surface area contributed by atoms with Crippen LogP contribution in [0.25, 0.3) is 0 Å². The lowest BCUT2D eigenvalue weighted by Gasteiger charge is -2.32. The van der Waals surface area contributed by atoms with Gasteiger partial charge in [-0.25, -0.2) is 8.42 Å². The Morgan fingerprint density at radius 1 is 1.27 bits per heavy atom. The van der Waals surface area contributed by atoms with Gasteiger partial charge in [0.1, 0.15) is 10.6 Å². The summed E-state index contributed by atoms with van der Waals surface area (Å²) in [6.45, 7) is 3.11. The van der Waals surface area contributed by atoms with Crippen LogP contribution >= 0.6 is 0 Å². The van der Waals surface area contributed by atoms with Crippen LogP contribution in [-0.4, -0.2) is 44.0 Å². The number of hydrogen-bond acceptors (Lipinski definition) is 5. The van der Waals surface area contributed by atoms with Gasteiger partial charge in [0.25, 0.3) is 0 Å². The van der Waals surface area contributed by atoms with Crippen LogP contribution in [0.5, 0.6) is 5.75 Å². The average molecular weight is 376 g/mol. The predicted molar refractivity (Wildman–Crippen MR) is 98.5 cm³/mol. The number of aryl methyl sites for hydroxylation is 1. The highest BCUT2D eigenvalue weighted by atomic mass is 32.2. The molecule has 0 aliphatic carbocycles. The van der Waals surface area contributed by atoms with E-state index >= 15 is 0 Å². The molecule has 6 nitrogen and oxygen atoms in total. The fraction of sp³-hybridized carbons (Fsp3) is 0.421. The SMILES string of the molecule is COc1cc(C)ccc1S(=O)(=O)N1CCCC(OCc2ccccn2)C1. The zero-order chi connectivity index (χ0) is 18.6. The van der Waals surface area contributed by atoms with E-state index in [1.165, 1.54) is 11.4 Å². The lowest BCUT2D eigenvalue weighted by molar-refractivity contribution is 0.00663. The second kappa shape index (κ2) is 8.16. The first-order chi connectivity index (χ1) is 12.5. The molecule has 1 fully saturated rings. The fourth-order valence-corrected chi connectivity index (χ4v) is 4.72. The molecule has 0 spiro atoms. The van der Waals surface area contributed by atoms with E-state index in [0.29, 0.717) is 25.4 Å². The molecule has 7 heteroatoms. The van der Waals surface area contributed by atoms with E-state index in [4.69, 9.17) is 9.47 Å². The second-order valence-corrected chi connectivity index (χ2v) is 8.32. The Kier molecular flexibility index (Phi) is 5.90. The quantitative estimate of drug-likeness (QED) is 0.775. The Balaban J connectivity index is 1.72. The van der Waals surface area contributed by atoms with E-state index in [9.17, 15) is 8.42 Å². The molecular formula is C19H24N2O4S. The third-order valence-corrected chi connectivity index (χ3v) is 6.38. The molecule has 3 rings (SSSR count). The molecule has 2 aromatic rings. The van der Waals surface area contributed by atoms with Crippen molar-refractivity contribution in [1.82, 2.24) is 9.29 Å². The summed E-state index contributed by atoms with van der Waals surface area (Å²) in [5, 5.41) is 0. The summed E-state index contributed by atoms with van der Waals surface area (Å²) in [4.78, 5) is 4.44. The fourth-order valence-electron chi connectivity index (χ4n) is 3.07. The standard InChI is InChI=1S/C19H24N2O4S/c1-15-8-9-19(18(12-15)24-2)26(22,23)21-11-5-7-17(13-21)25-14-16-6-3-4-10-20-16/h3-4,6,8-10,12,17H,5,7,11,13-14H2,1-2H3. The molecule has 1 saturated heterocycles. The Morgan fingerprint density at radius 2 is 2.12 bits per heavy atom. The molecule has 1 aliphatic rings. The van der Waals surface area contributed by atoms with E-state index in [0.717, 1.165) is 24.1 Å². The summed E-state index contributed by atoms with van der Waals surface area (Å²) >= 11 is 0. The van der Waals surface area contributed by atoms with Gasteiger partial charge in [-0.3, -0.25) is 4.98 Å². The molecule has 0 N–H and O–H groups in total. The van der Waals surface area contributed by atoms with Gasteiger partial charge in [0.15, 0.2) is 0 Å². The number of pyridine rings is 1. The summed E-state index contributed by atoms with van der Waals surface area (Å²) in [5.41, 5.74) is 1.80. The van der Waals surface area contributed by atoms with Crippen molar-refractivity contribution in [2.75, 3.05) is 20.2 Å². The molecule has 140 valence electrons. The minimum absolute atomic E-state index is 0.142. The highest BCUT2D eigenvalue weighted by Crippen LogP contribution is 2.30. The van der Waals surface area contributed by atoms with Gasteiger partial charge in [-0.2, -0.15) is 4.31 Å². The van der Waals surface area contributed by atoms with Crippen LogP contribution < -0.4 is 4.74 Å². The monoisotopic (exact) mass is 376 g/mol. The molecule has 1 aliphatic heterocycles. The number of benzene rings is 1. The Morgan fingerprint density at radius 3 is 2.85 bits per heavy atom. The minimum atomic E-state index is -3.62. The number of ether oxygens (including phenoxy) is 2. The van der Waals surface area contributed by atoms with Gasteiger partial charge in [-0.1, -0.05) is 12.1 Å². The van der Waals surface area contributed by atoms with Gasteiger partial charge < -0.3 is 9.47 Å². The summed E-state index contributed by atoms with van der Waals surface area (Å²) in [6, 6.07) is 10.8. The van der Waals surface area contributed by atoms with E-state index < -0.39 is 10.0 Å². The maximum atomic E-state index is 13.1. The van der Waals surface area contributed by atoms with Crippen molar-refractivity contribution in [1.29, 1.82) is 0 Å². The zero-order valence-corrected chi connectivity index (χ0v) is 15.9. The Hall–Kier alpha value is -1.96. The van der Waals surface area contributed by atoms with Gasteiger partial charge in [-0.05, 0) is 49.6 Å². The first-order valence-corrected chi connectivity index (χ1v) is 10.1. The van der Waals surface area contributed by atoms with Crippen LogP contribution in [0.1, 0.15) is 24.1 Å². The number of piperidine rings is 1. The third kappa shape index (κ3) is 4.23. The number of nitrogens with zero attached hydrogens (tertiary/aromatic N) is 2. The first kappa shape index (κ1) is 18.8. The molecule has 26 heavy (non-hydrogen) atoms. The van der Waals surface area contributed by atoms with Crippen molar-refractivity contribution in [3.05, 3.63) is 53.9 Å². The number of rotatable bonds is 6. The summed E-state index contributed by atoms with van der Waals surface area (Å²) in [5.74, 6) is 0.376. The molecule has 0 amide bonds. The van der Waals surface area contributed by atoms with Crippen LogP contribution in [0, 0.1) is 6.92 Å². The van der Waals surface area contributed by atoms with Gasteiger partial charge in [-0.15, -0.1) is 0 Å². The van der Waals surface area contributed by atoms with Crippen molar-refractivity contribution >= 4 is 10.0 Å². The van der Waals surface area contributed by atoms with Gasteiger partial charge in [0.2, 0.25) is 10.0 Å². The minimum Gasteiger partial charge on any atom is -0.495 e. The van der Waals surface area contributed by atoms with Crippen molar-refractivity contribution in [3.63, 3.8) is 0 Å². The number of methoxy groups -OCH3 is 1. The molecule has 1 aromatic carbocycles. The summed E-state index contributed by atoms with van der Waals surface area (Å²) < 4.78 is 38.8. The van der Waals surface area contributed by atoms with Gasteiger partial charge in [0.05, 0.1) is 25.5 Å². The molecular weight excluding hydrogens is 352 g/mol. The van der Waals surface area contributed by atoms with E-state index in [2.05, 4.69) is 4.98 Å². The predicted octanol–water partition coefficient (Wildman–Crippen LogP) is 2.77. The Labute approximate surface area is 154 Å². The van der Waals surface area contributed by atoms with Crippen LogP contribution in [-0.2, 0) is 21.4 Å². The van der Waals surface area contributed by atoms with Crippen molar-refractivity contribution < 1.29 is 17.9 Å². The molecule has 1 atom stereocenters. The van der Waals surface area contributed by atoms with E-state index in [1.54, 1.807) is 24.4 Å². The lowest BCUT2D eigenvalue weighted by Crippen LogP contribution is -2.43.